The highest BCUT2D eigenvalue weighted by atomic mass is 32.2. The summed E-state index contributed by atoms with van der Waals surface area (Å²) in [5.41, 5.74) is 2.61. The third kappa shape index (κ3) is 5.13. The van der Waals surface area contributed by atoms with Crippen molar-refractivity contribution in [1.82, 2.24) is 4.31 Å². The van der Waals surface area contributed by atoms with Gasteiger partial charge in [-0.15, -0.1) is 0 Å². The first-order valence-electron chi connectivity index (χ1n) is 10.7. The van der Waals surface area contributed by atoms with Crippen molar-refractivity contribution in [2.45, 2.75) is 24.3 Å². The molecule has 3 aromatic carbocycles. The molecule has 4 rings (SSSR count). The second-order valence-electron chi connectivity index (χ2n) is 7.92. The van der Waals surface area contributed by atoms with Crippen molar-refractivity contribution in [1.29, 1.82) is 0 Å². The predicted octanol–water partition coefficient (Wildman–Crippen LogP) is 3.89. The standard InChI is InChI=1S/C25H25N3O4S/c1-27(18-19-6-3-2-4-7-19)33(31,32)23-15-11-21(12-16-23)26-25(30)20-9-13-22(14-10-20)28-17-5-8-24(28)29/h2-4,6-7,9-16H,5,8,17-18H2,1H3,(H,26,30). The molecule has 2 amide bonds. The van der Waals surface area contributed by atoms with E-state index in [1.807, 2.05) is 30.3 Å². The molecule has 33 heavy (non-hydrogen) atoms. The van der Waals surface area contributed by atoms with Crippen molar-refractivity contribution in [2.24, 2.45) is 0 Å². The first-order valence-corrected chi connectivity index (χ1v) is 12.1. The number of sulfonamides is 1. The maximum Gasteiger partial charge on any atom is 0.255 e. The molecule has 0 atom stereocenters. The van der Waals surface area contributed by atoms with E-state index in [0.717, 1.165) is 17.7 Å². The molecule has 3 aromatic rings. The zero-order valence-electron chi connectivity index (χ0n) is 18.3. The molecule has 0 spiro atoms. The van der Waals surface area contributed by atoms with Crippen molar-refractivity contribution < 1.29 is 18.0 Å². The lowest BCUT2D eigenvalue weighted by atomic mass is 10.1. The van der Waals surface area contributed by atoms with Gasteiger partial charge in [0.2, 0.25) is 15.9 Å². The number of hydrogen-bond donors (Lipinski definition) is 1. The molecule has 0 saturated carbocycles. The van der Waals surface area contributed by atoms with E-state index in [4.69, 9.17) is 0 Å². The number of nitrogens with one attached hydrogen (secondary N) is 1. The van der Waals surface area contributed by atoms with E-state index in [2.05, 4.69) is 5.32 Å². The normalized spacial score (nSPS) is 14.0. The van der Waals surface area contributed by atoms with Crippen LogP contribution in [0.25, 0.3) is 0 Å². The largest absolute Gasteiger partial charge is 0.322 e. The van der Waals surface area contributed by atoms with Crippen LogP contribution in [0.2, 0.25) is 0 Å². The van der Waals surface area contributed by atoms with Gasteiger partial charge in [-0.1, -0.05) is 30.3 Å². The lowest BCUT2D eigenvalue weighted by Crippen LogP contribution is -2.26. The monoisotopic (exact) mass is 463 g/mol. The zero-order valence-corrected chi connectivity index (χ0v) is 19.1. The summed E-state index contributed by atoms with van der Waals surface area (Å²) in [6.45, 7) is 0.959. The van der Waals surface area contributed by atoms with E-state index in [0.29, 0.717) is 24.2 Å². The molecule has 1 heterocycles. The van der Waals surface area contributed by atoms with Crippen molar-refractivity contribution in [2.75, 3.05) is 23.8 Å². The van der Waals surface area contributed by atoms with Gasteiger partial charge in [0.05, 0.1) is 4.90 Å². The zero-order chi connectivity index (χ0) is 23.4. The summed E-state index contributed by atoms with van der Waals surface area (Å²) in [4.78, 5) is 26.3. The molecular formula is C25H25N3O4S. The third-order valence-electron chi connectivity index (χ3n) is 5.58. The van der Waals surface area contributed by atoms with Crippen LogP contribution in [-0.4, -0.2) is 38.1 Å². The molecule has 7 nitrogen and oxygen atoms in total. The highest BCUT2D eigenvalue weighted by Crippen LogP contribution is 2.23. The number of nitrogens with zero attached hydrogens (tertiary/aromatic N) is 2. The van der Waals surface area contributed by atoms with Crippen LogP contribution in [-0.2, 0) is 21.4 Å². The minimum Gasteiger partial charge on any atom is -0.322 e. The lowest BCUT2D eigenvalue weighted by molar-refractivity contribution is -0.117. The minimum atomic E-state index is -3.66. The molecular weight excluding hydrogens is 438 g/mol. The first kappa shape index (κ1) is 22.7. The Morgan fingerprint density at radius 1 is 0.970 bits per heavy atom. The van der Waals surface area contributed by atoms with E-state index in [-0.39, 0.29) is 23.3 Å². The number of carbonyl (C=O) groups excluding carboxylic acids is 2. The number of rotatable bonds is 7. The number of benzene rings is 3. The van der Waals surface area contributed by atoms with Crippen molar-refractivity contribution >= 4 is 33.2 Å². The van der Waals surface area contributed by atoms with Crippen LogP contribution >= 0.6 is 0 Å². The van der Waals surface area contributed by atoms with Gasteiger partial charge in [0.1, 0.15) is 0 Å². The average molecular weight is 464 g/mol. The van der Waals surface area contributed by atoms with Gasteiger partial charge < -0.3 is 10.2 Å². The third-order valence-corrected chi connectivity index (χ3v) is 7.40. The molecule has 8 heteroatoms. The van der Waals surface area contributed by atoms with Gasteiger partial charge in [-0.25, -0.2) is 8.42 Å². The fraction of sp³-hybridized carbons (Fsp3) is 0.200. The van der Waals surface area contributed by atoms with E-state index >= 15 is 0 Å². The van der Waals surface area contributed by atoms with Crippen molar-refractivity contribution in [3.63, 3.8) is 0 Å². The van der Waals surface area contributed by atoms with E-state index in [1.54, 1.807) is 41.3 Å². The Morgan fingerprint density at radius 2 is 1.64 bits per heavy atom. The second-order valence-corrected chi connectivity index (χ2v) is 9.97. The molecule has 0 unspecified atom stereocenters. The molecule has 0 aliphatic carbocycles. The van der Waals surface area contributed by atoms with Gasteiger partial charge in [-0.2, -0.15) is 4.31 Å². The van der Waals surface area contributed by atoms with Gasteiger partial charge >= 0.3 is 0 Å². The fourth-order valence-corrected chi connectivity index (χ4v) is 4.89. The Hall–Kier alpha value is -3.49. The highest BCUT2D eigenvalue weighted by Gasteiger charge is 2.22. The van der Waals surface area contributed by atoms with Gasteiger partial charge in [-0.05, 0) is 60.5 Å². The molecule has 1 fully saturated rings. The van der Waals surface area contributed by atoms with Crippen molar-refractivity contribution in [3.8, 4) is 0 Å². The Labute approximate surface area is 193 Å². The Kier molecular flexibility index (Phi) is 6.57. The van der Waals surface area contributed by atoms with Crippen LogP contribution in [0, 0.1) is 0 Å². The van der Waals surface area contributed by atoms with Crippen LogP contribution in [0.1, 0.15) is 28.8 Å². The molecule has 0 radical (unpaired) electrons. The smallest absolute Gasteiger partial charge is 0.255 e. The summed E-state index contributed by atoms with van der Waals surface area (Å²) in [5, 5.41) is 2.78. The van der Waals surface area contributed by atoms with E-state index < -0.39 is 10.0 Å². The van der Waals surface area contributed by atoms with E-state index in [9.17, 15) is 18.0 Å². The van der Waals surface area contributed by atoms with Gasteiger partial charge in [0.25, 0.3) is 5.91 Å². The van der Waals surface area contributed by atoms with Gasteiger partial charge in [0.15, 0.2) is 0 Å². The highest BCUT2D eigenvalue weighted by molar-refractivity contribution is 7.89. The molecule has 0 aromatic heterocycles. The average Bonchev–Trinajstić information content (AvgIpc) is 3.26. The molecule has 170 valence electrons. The van der Waals surface area contributed by atoms with Crippen LogP contribution in [0.15, 0.2) is 83.8 Å². The topological polar surface area (TPSA) is 86.8 Å². The van der Waals surface area contributed by atoms with Crippen LogP contribution in [0.3, 0.4) is 0 Å². The number of hydrogen-bond acceptors (Lipinski definition) is 4. The molecule has 1 aliphatic rings. The van der Waals surface area contributed by atoms with Crippen LogP contribution in [0.4, 0.5) is 11.4 Å². The number of anilines is 2. The van der Waals surface area contributed by atoms with Crippen molar-refractivity contribution in [3.05, 3.63) is 90.0 Å². The summed E-state index contributed by atoms with van der Waals surface area (Å²) in [6.07, 6.45) is 1.39. The Balaban J connectivity index is 1.40. The Bertz CT molecular complexity index is 1240. The molecule has 1 N–H and O–H groups in total. The fourth-order valence-electron chi connectivity index (χ4n) is 3.73. The summed E-state index contributed by atoms with van der Waals surface area (Å²) in [7, 11) is -2.12. The summed E-state index contributed by atoms with van der Waals surface area (Å²) >= 11 is 0. The van der Waals surface area contributed by atoms with Crippen LogP contribution < -0.4 is 10.2 Å². The number of amides is 2. The summed E-state index contributed by atoms with van der Waals surface area (Å²) < 4.78 is 27.0. The Morgan fingerprint density at radius 3 is 2.24 bits per heavy atom. The molecule has 0 bridgehead atoms. The first-order chi connectivity index (χ1) is 15.8. The van der Waals surface area contributed by atoms with E-state index in [1.165, 1.54) is 23.5 Å². The predicted molar refractivity (Wildman–Crippen MR) is 128 cm³/mol. The molecule has 1 aliphatic heterocycles. The number of carbonyl (C=O) groups is 2. The van der Waals surface area contributed by atoms with Gasteiger partial charge in [-0.3, -0.25) is 9.59 Å². The lowest BCUT2D eigenvalue weighted by Gasteiger charge is -2.17. The maximum absolute atomic E-state index is 12.9. The summed E-state index contributed by atoms with van der Waals surface area (Å²) in [6, 6.07) is 22.3. The quantitative estimate of drug-likeness (QED) is 0.576. The maximum atomic E-state index is 12.9. The second kappa shape index (κ2) is 9.56. The SMILES string of the molecule is CN(Cc1ccccc1)S(=O)(=O)c1ccc(NC(=O)c2ccc(N3CCCC3=O)cc2)cc1. The van der Waals surface area contributed by atoms with Crippen LogP contribution in [0.5, 0.6) is 0 Å². The van der Waals surface area contributed by atoms with Gasteiger partial charge in [0, 0.05) is 43.5 Å². The molecule has 1 saturated heterocycles. The summed E-state index contributed by atoms with van der Waals surface area (Å²) in [5.74, 6) is -0.220. The minimum absolute atomic E-state index is 0.0941.